The Balaban J connectivity index is 2.97. The molecule has 0 bridgehead atoms. The lowest BCUT2D eigenvalue weighted by molar-refractivity contribution is 0.612. The van der Waals surface area contributed by atoms with E-state index >= 15 is 0 Å². The molecule has 0 radical (unpaired) electrons. The van der Waals surface area contributed by atoms with Crippen LogP contribution in [-0.2, 0) is 0 Å². The normalized spacial score (nSPS) is 13.2. The highest BCUT2D eigenvalue weighted by Gasteiger charge is 1.94. The van der Waals surface area contributed by atoms with E-state index < -0.39 is 0 Å². The Kier molecular flexibility index (Phi) is 4.56. The number of nitrogens with one attached hydrogen (secondary N) is 1. The van der Waals surface area contributed by atoms with Crippen LogP contribution in [0.25, 0.3) is 0 Å². The highest BCUT2D eigenvalue weighted by atomic mass is 14.6. The summed E-state index contributed by atoms with van der Waals surface area (Å²) < 4.78 is 0. The van der Waals surface area contributed by atoms with Gasteiger partial charge >= 0.3 is 0 Å². The topological polar surface area (TPSA) is 49.9 Å². The maximum atomic E-state index is 6.69. The minimum Gasteiger partial charge on any atom is -0.328 e. The molecule has 1 unspecified atom stereocenters. The SMILES string of the molecule is CCC(N)CCC=N. The molecule has 0 aromatic heterocycles. The summed E-state index contributed by atoms with van der Waals surface area (Å²) in [4.78, 5) is 0. The number of hydrogen-bond acceptors (Lipinski definition) is 2. The first-order chi connectivity index (χ1) is 3.81. The van der Waals surface area contributed by atoms with Crippen molar-refractivity contribution in [3.05, 3.63) is 0 Å². The monoisotopic (exact) mass is 114 g/mol. The van der Waals surface area contributed by atoms with Gasteiger partial charge in [-0.1, -0.05) is 6.92 Å². The molecule has 0 saturated heterocycles. The summed E-state index contributed by atoms with van der Waals surface area (Å²) in [6.45, 7) is 2.06. The highest BCUT2D eigenvalue weighted by molar-refractivity contribution is 5.52. The lowest BCUT2D eigenvalue weighted by Crippen LogP contribution is -2.17. The largest absolute Gasteiger partial charge is 0.328 e. The predicted molar refractivity (Wildman–Crippen MR) is 36.3 cm³/mol. The van der Waals surface area contributed by atoms with Gasteiger partial charge in [0.2, 0.25) is 0 Å². The van der Waals surface area contributed by atoms with Crippen molar-refractivity contribution in [1.29, 1.82) is 5.41 Å². The van der Waals surface area contributed by atoms with Crippen LogP contribution in [0.1, 0.15) is 26.2 Å². The van der Waals surface area contributed by atoms with Crippen molar-refractivity contribution in [2.24, 2.45) is 5.73 Å². The Morgan fingerprint density at radius 3 is 2.75 bits per heavy atom. The van der Waals surface area contributed by atoms with E-state index in [1.165, 1.54) is 6.21 Å². The second-order valence-electron chi connectivity index (χ2n) is 1.95. The molecular weight excluding hydrogens is 100 g/mol. The summed E-state index contributed by atoms with van der Waals surface area (Å²) in [6.07, 6.45) is 4.22. The third kappa shape index (κ3) is 3.81. The van der Waals surface area contributed by atoms with Crippen molar-refractivity contribution < 1.29 is 0 Å². The van der Waals surface area contributed by atoms with E-state index in [9.17, 15) is 0 Å². The predicted octanol–water partition coefficient (Wildman–Crippen LogP) is 1.15. The average Bonchev–Trinajstić information content (AvgIpc) is 1.83. The number of rotatable bonds is 4. The van der Waals surface area contributed by atoms with E-state index in [1.54, 1.807) is 0 Å². The van der Waals surface area contributed by atoms with Gasteiger partial charge in [0.15, 0.2) is 0 Å². The minimum absolute atomic E-state index is 0.302. The molecule has 0 fully saturated rings. The molecule has 8 heavy (non-hydrogen) atoms. The molecule has 0 amide bonds. The van der Waals surface area contributed by atoms with Gasteiger partial charge in [0, 0.05) is 6.04 Å². The van der Waals surface area contributed by atoms with Crippen LogP contribution in [0.4, 0.5) is 0 Å². The molecular formula is C6H14N2. The first kappa shape index (κ1) is 7.63. The standard InChI is InChI=1S/C6H14N2/c1-2-6(8)4-3-5-7/h5-7H,2-4,8H2,1H3. The first-order valence-electron chi connectivity index (χ1n) is 3.05. The van der Waals surface area contributed by atoms with E-state index in [4.69, 9.17) is 11.1 Å². The molecule has 0 aliphatic rings. The fraction of sp³-hybridized carbons (Fsp3) is 0.833. The Hall–Kier alpha value is -0.370. The molecule has 3 N–H and O–H groups in total. The second-order valence-corrected chi connectivity index (χ2v) is 1.95. The molecule has 0 rings (SSSR count). The van der Waals surface area contributed by atoms with Crippen LogP contribution < -0.4 is 5.73 Å². The van der Waals surface area contributed by atoms with Gasteiger partial charge in [-0.2, -0.15) is 0 Å². The lowest BCUT2D eigenvalue weighted by Gasteiger charge is -2.03. The van der Waals surface area contributed by atoms with Crippen molar-refractivity contribution in [3.8, 4) is 0 Å². The molecule has 0 heterocycles. The Labute approximate surface area is 50.6 Å². The highest BCUT2D eigenvalue weighted by Crippen LogP contribution is 1.94. The molecule has 2 nitrogen and oxygen atoms in total. The van der Waals surface area contributed by atoms with E-state index in [0.717, 1.165) is 19.3 Å². The molecule has 0 aromatic carbocycles. The van der Waals surface area contributed by atoms with Crippen LogP contribution in [0, 0.1) is 5.41 Å². The van der Waals surface area contributed by atoms with Crippen molar-refractivity contribution in [2.45, 2.75) is 32.2 Å². The van der Waals surface area contributed by atoms with Crippen LogP contribution in [0.3, 0.4) is 0 Å². The quantitative estimate of drug-likeness (QED) is 0.529. The van der Waals surface area contributed by atoms with Crippen LogP contribution in [0.2, 0.25) is 0 Å². The molecule has 2 heteroatoms. The summed E-state index contributed by atoms with van der Waals surface area (Å²) in [5.41, 5.74) is 5.56. The van der Waals surface area contributed by atoms with Gasteiger partial charge in [0.05, 0.1) is 0 Å². The van der Waals surface area contributed by atoms with Crippen molar-refractivity contribution >= 4 is 6.21 Å². The Bertz CT molecular complexity index is 61.5. The summed E-state index contributed by atoms with van der Waals surface area (Å²) in [5, 5.41) is 6.69. The molecule has 1 atom stereocenters. The third-order valence-corrected chi connectivity index (χ3v) is 1.21. The lowest BCUT2D eigenvalue weighted by atomic mass is 10.1. The van der Waals surface area contributed by atoms with E-state index in [2.05, 4.69) is 6.92 Å². The summed E-state index contributed by atoms with van der Waals surface area (Å²) >= 11 is 0. The number of hydrogen-bond donors (Lipinski definition) is 2. The van der Waals surface area contributed by atoms with E-state index in [-0.39, 0.29) is 0 Å². The van der Waals surface area contributed by atoms with Gasteiger partial charge in [-0.15, -0.1) is 0 Å². The van der Waals surface area contributed by atoms with E-state index in [0.29, 0.717) is 6.04 Å². The van der Waals surface area contributed by atoms with Crippen LogP contribution in [0.15, 0.2) is 0 Å². The molecule has 0 saturated carbocycles. The molecule has 0 spiro atoms. The fourth-order valence-electron chi connectivity index (χ4n) is 0.502. The maximum Gasteiger partial charge on any atom is 0.00397 e. The van der Waals surface area contributed by atoms with Crippen LogP contribution in [0.5, 0.6) is 0 Å². The zero-order valence-corrected chi connectivity index (χ0v) is 5.35. The number of nitrogens with two attached hydrogens (primary N) is 1. The van der Waals surface area contributed by atoms with Crippen LogP contribution >= 0.6 is 0 Å². The van der Waals surface area contributed by atoms with Gasteiger partial charge < -0.3 is 11.1 Å². The zero-order valence-electron chi connectivity index (χ0n) is 5.35. The zero-order chi connectivity index (χ0) is 6.41. The molecule has 0 aromatic rings. The van der Waals surface area contributed by atoms with Crippen molar-refractivity contribution in [2.75, 3.05) is 0 Å². The van der Waals surface area contributed by atoms with Gasteiger partial charge in [0.1, 0.15) is 0 Å². The Morgan fingerprint density at radius 2 is 2.38 bits per heavy atom. The third-order valence-electron chi connectivity index (χ3n) is 1.21. The maximum absolute atomic E-state index is 6.69. The van der Waals surface area contributed by atoms with Gasteiger partial charge in [0.25, 0.3) is 0 Å². The van der Waals surface area contributed by atoms with Crippen molar-refractivity contribution in [1.82, 2.24) is 0 Å². The fourth-order valence-corrected chi connectivity index (χ4v) is 0.502. The first-order valence-corrected chi connectivity index (χ1v) is 3.05. The van der Waals surface area contributed by atoms with E-state index in [1.807, 2.05) is 0 Å². The van der Waals surface area contributed by atoms with Crippen molar-refractivity contribution in [3.63, 3.8) is 0 Å². The average molecular weight is 114 g/mol. The summed E-state index contributed by atoms with van der Waals surface area (Å²) in [6, 6.07) is 0.302. The van der Waals surface area contributed by atoms with Crippen LogP contribution in [-0.4, -0.2) is 12.3 Å². The smallest absolute Gasteiger partial charge is 0.00397 e. The molecule has 0 aliphatic heterocycles. The minimum atomic E-state index is 0.302. The summed E-state index contributed by atoms with van der Waals surface area (Å²) in [5.74, 6) is 0. The molecule has 48 valence electrons. The van der Waals surface area contributed by atoms with Gasteiger partial charge in [-0.05, 0) is 25.5 Å². The Morgan fingerprint density at radius 1 is 1.75 bits per heavy atom. The summed E-state index contributed by atoms with van der Waals surface area (Å²) in [7, 11) is 0. The second kappa shape index (κ2) is 4.78. The molecule has 0 aliphatic carbocycles. The van der Waals surface area contributed by atoms with Gasteiger partial charge in [-0.25, -0.2) is 0 Å². The van der Waals surface area contributed by atoms with Gasteiger partial charge in [-0.3, -0.25) is 0 Å².